The number of rotatable bonds is 2. The average Bonchev–Trinajstić information content (AvgIpc) is 2.19. The molecule has 1 aliphatic rings. The van der Waals surface area contributed by atoms with E-state index in [-0.39, 0.29) is 6.42 Å². The monoisotopic (exact) mass is 196 g/mol. The van der Waals surface area contributed by atoms with Gasteiger partial charge in [-0.1, -0.05) is 6.08 Å². The van der Waals surface area contributed by atoms with Crippen LogP contribution in [0.15, 0.2) is 12.7 Å². The van der Waals surface area contributed by atoms with Gasteiger partial charge in [-0.05, 0) is 6.42 Å². The molecule has 0 spiro atoms. The molecule has 1 rings (SSSR count). The van der Waals surface area contributed by atoms with Crippen molar-refractivity contribution in [3.63, 3.8) is 0 Å². The van der Waals surface area contributed by atoms with Crippen LogP contribution in [0, 0.1) is 5.92 Å². The Morgan fingerprint density at radius 3 is 2.00 bits per heavy atom. The van der Waals surface area contributed by atoms with Crippen molar-refractivity contribution in [2.75, 3.05) is 14.1 Å². The first-order valence-corrected chi connectivity index (χ1v) is 4.20. The van der Waals surface area contributed by atoms with Crippen LogP contribution in [0.1, 0.15) is 6.42 Å². The number of amides is 4. The smallest absolute Gasteiger partial charge is 0.273 e. The van der Waals surface area contributed by atoms with E-state index in [0.29, 0.717) is 0 Å². The minimum Gasteiger partial charge on any atom is -0.273 e. The highest BCUT2D eigenvalue weighted by Gasteiger charge is 2.41. The number of nitrogens with zero attached hydrogens (tertiary/aromatic N) is 2. The van der Waals surface area contributed by atoms with Gasteiger partial charge in [-0.25, -0.2) is 4.79 Å². The van der Waals surface area contributed by atoms with Gasteiger partial charge in [-0.2, -0.15) is 0 Å². The maximum absolute atomic E-state index is 11.5. The molecule has 0 saturated carbocycles. The lowest BCUT2D eigenvalue weighted by Gasteiger charge is -2.32. The maximum atomic E-state index is 11.5. The Morgan fingerprint density at radius 2 is 1.64 bits per heavy atom. The molecule has 1 fully saturated rings. The molecule has 0 aromatic carbocycles. The normalized spacial score (nSPS) is 19.1. The molecule has 0 unspecified atom stereocenters. The van der Waals surface area contributed by atoms with Crippen LogP contribution in [0.3, 0.4) is 0 Å². The van der Waals surface area contributed by atoms with Crippen molar-refractivity contribution in [3.8, 4) is 0 Å². The summed E-state index contributed by atoms with van der Waals surface area (Å²) in [6, 6.07) is -0.583. The zero-order chi connectivity index (χ0) is 10.9. The van der Waals surface area contributed by atoms with Crippen molar-refractivity contribution in [1.82, 2.24) is 9.80 Å². The molecule has 0 bridgehead atoms. The number of carbonyl (C=O) groups excluding carboxylic acids is 3. The summed E-state index contributed by atoms with van der Waals surface area (Å²) < 4.78 is 0. The fraction of sp³-hybridized carbons (Fsp3) is 0.444. The Kier molecular flexibility index (Phi) is 2.69. The quantitative estimate of drug-likeness (QED) is 0.469. The minimum absolute atomic E-state index is 0.264. The highest BCUT2D eigenvalue weighted by Crippen LogP contribution is 2.18. The molecular formula is C9H12N2O3. The third-order valence-corrected chi connectivity index (χ3v) is 2.23. The van der Waals surface area contributed by atoms with Gasteiger partial charge in [0.1, 0.15) is 5.92 Å². The van der Waals surface area contributed by atoms with Gasteiger partial charge in [-0.3, -0.25) is 19.4 Å². The Balaban J connectivity index is 2.97. The topological polar surface area (TPSA) is 57.7 Å². The number of allylic oxidation sites excluding steroid dienone is 1. The van der Waals surface area contributed by atoms with Gasteiger partial charge in [0.05, 0.1) is 0 Å². The summed E-state index contributed by atoms with van der Waals surface area (Å²) in [7, 11) is 2.73. The summed E-state index contributed by atoms with van der Waals surface area (Å²) in [4.78, 5) is 36.2. The standard InChI is InChI=1S/C9H12N2O3/c1-4-5-6-7(12)10(2)9(14)11(3)8(6)13/h4,6H,1,5H2,2-3H3. The van der Waals surface area contributed by atoms with Crippen molar-refractivity contribution < 1.29 is 14.4 Å². The average molecular weight is 196 g/mol. The van der Waals surface area contributed by atoms with E-state index in [1.54, 1.807) is 0 Å². The predicted molar refractivity (Wildman–Crippen MR) is 49.2 cm³/mol. The third kappa shape index (κ3) is 1.41. The predicted octanol–water partition coefficient (Wildman–Crippen LogP) is 0.229. The van der Waals surface area contributed by atoms with Crippen molar-refractivity contribution in [2.24, 2.45) is 5.92 Å². The summed E-state index contributed by atoms with van der Waals surface area (Å²) in [5.41, 5.74) is 0. The molecule has 0 aromatic rings. The van der Waals surface area contributed by atoms with Gasteiger partial charge in [0, 0.05) is 14.1 Å². The first-order valence-electron chi connectivity index (χ1n) is 4.20. The fourth-order valence-electron chi connectivity index (χ4n) is 1.35. The molecule has 5 nitrogen and oxygen atoms in total. The van der Waals surface area contributed by atoms with E-state index >= 15 is 0 Å². The maximum Gasteiger partial charge on any atom is 0.332 e. The second kappa shape index (κ2) is 3.61. The van der Waals surface area contributed by atoms with E-state index in [2.05, 4.69) is 6.58 Å². The lowest BCUT2D eigenvalue weighted by Crippen LogP contribution is -2.56. The lowest BCUT2D eigenvalue weighted by atomic mass is 10.0. The van der Waals surface area contributed by atoms with Gasteiger partial charge in [-0.15, -0.1) is 6.58 Å². The molecule has 0 aromatic heterocycles. The molecule has 4 amide bonds. The zero-order valence-corrected chi connectivity index (χ0v) is 8.19. The summed E-state index contributed by atoms with van der Waals surface area (Å²) in [5, 5.41) is 0. The third-order valence-electron chi connectivity index (χ3n) is 2.23. The summed E-state index contributed by atoms with van der Waals surface area (Å²) >= 11 is 0. The molecule has 1 heterocycles. The van der Waals surface area contributed by atoms with Gasteiger partial charge >= 0.3 is 6.03 Å². The number of hydrogen-bond donors (Lipinski definition) is 0. The minimum atomic E-state index is -0.791. The number of hydrogen-bond acceptors (Lipinski definition) is 3. The summed E-state index contributed by atoms with van der Waals surface area (Å²) in [6.07, 6.45) is 1.76. The van der Waals surface area contributed by atoms with Crippen molar-refractivity contribution in [1.29, 1.82) is 0 Å². The van der Waals surface area contributed by atoms with Gasteiger partial charge < -0.3 is 0 Å². The van der Waals surface area contributed by atoms with Crippen LogP contribution in [0.2, 0.25) is 0 Å². The Labute approximate surface area is 82.0 Å². The molecular weight excluding hydrogens is 184 g/mol. The van der Waals surface area contributed by atoms with Crippen LogP contribution in [0.5, 0.6) is 0 Å². The van der Waals surface area contributed by atoms with Gasteiger partial charge in [0.2, 0.25) is 11.8 Å². The first kappa shape index (κ1) is 10.4. The Bertz CT molecular complexity index is 287. The molecule has 76 valence electrons. The molecule has 5 heteroatoms. The van der Waals surface area contributed by atoms with Crippen molar-refractivity contribution >= 4 is 17.8 Å². The van der Waals surface area contributed by atoms with Crippen LogP contribution < -0.4 is 0 Å². The molecule has 14 heavy (non-hydrogen) atoms. The van der Waals surface area contributed by atoms with E-state index in [4.69, 9.17) is 0 Å². The highest BCUT2D eigenvalue weighted by molar-refractivity contribution is 6.15. The van der Waals surface area contributed by atoms with Gasteiger partial charge in [0.15, 0.2) is 0 Å². The summed E-state index contributed by atoms with van der Waals surface area (Å²) in [5.74, 6) is -1.71. The Hall–Kier alpha value is -1.65. The number of urea groups is 1. The number of imide groups is 2. The second-order valence-corrected chi connectivity index (χ2v) is 3.15. The van der Waals surface area contributed by atoms with Gasteiger partial charge in [0.25, 0.3) is 0 Å². The lowest BCUT2D eigenvalue weighted by molar-refractivity contribution is -0.147. The second-order valence-electron chi connectivity index (χ2n) is 3.15. The van der Waals surface area contributed by atoms with Crippen LogP contribution in [0.25, 0.3) is 0 Å². The molecule has 0 N–H and O–H groups in total. The number of carbonyl (C=O) groups is 3. The fourth-order valence-corrected chi connectivity index (χ4v) is 1.35. The van der Waals surface area contributed by atoms with E-state index in [1.807, 2.05) is 0 Å². The SMILES string of the molecule is C=CCC1C(=O)N(C)C(=O)N(C)C1=O. The van der Waals surface area contributed by atoms with Crippen LogP contribution >= 0.6 is 0 Å². The van der Waals surface area contributed by atoms with E-state index < -0.39 is 23.8 Å². The van der Waals surface area contributed by atoms with Crippen LogP contribution in [0.4, 0.5) is 4.79 Å². The van der Waals surface area contributed by atoms with Crippen LogP contribution in [-0.4, -0.2) is 41.7 Å². The molecule has 0 radical (unpaired) electrons. The highest BCUT2D eigenvalue weighted by atomic mass is 16.2. The van der Waals surface area contributed by atoms with Crippen molar-refractivity contribution in [3.05, 3.63) is 12.7 Å². The largest absolute Gasteiger partial charge is 0.332 e. The molecule has 0 atom stereocenters. The van der Waals surface area contributed by atoms with Crippen molar-refractivity contribution in [2.45, 2.75) is 6.42 Å². The number of barbiturate groups is 1. The zero-order valence-electron chi connectivity index (χ0n) is 8.19. The molecule has 0 aliphatic carbocycles. The molecule has 1 aliphatic heterocycles. The Morgan fingerprint density at radius 1 is 1.21 bits per heavy atom. The first-order chi connectivity index (χ1) is 6.50. The summed E-state index contributed by atoms with van der Waals surface area (Å²) in [6.45, 7) is 3.47. The van der Waals surface area contributed by atoms with E-state index in [0.717, 1.165) is 9.80 Å². The van der Waals surface area contributed by atoms with E-state index in [9.17, 15) is 14.4 Å². The van der Waals surface area contributed by atoms with Crippen LogP contribution in [-0.2, 0) is 9.59 Å². The van der Waals surface area contributed by atoms with E-state index in [1.165, 1.54) is 20.2 Å². The molecule has 1 saturated heterocycles.